The number of imide groups is 1. The fourth-order valence-corrected chi connectivity index (χ4v) is 3.71. The smallest absolute Gasteiger partial charge is 0.294 e. The van der Waals surface area contributed by atoms with Crippen LogP contribution in [-0.2, 0) is 16.0 Å². The van der Waals surface area contributed by atoms with E-state index in [2.05, 4.69) is 5.32 Å². The number of ether oxygens (including phenoxy) is 2. The molecular weight excluding hydrogens is 404 g/mol. The van der Waals surface area contributed by atoms with E-state index in [1.807, 2.05) is 19.1 Å². The number of aryl methyl sites for hydroxylation is 1. The summed E-state index contributed by atoms with van der Waals surface area (Å²) < 4.78 is 10.4. The summed E-state index contributed by atoms with van der Waals surface area (Å²) in [4.78, 5) is 38.5. The molecule has 0 atom stereocenters. The molecule has 0 saturated carbocycles. The van der Waals surface area contributed by atoms with Gasteiger partial charge in [0.15, 0.2) is 0 Å². The van der Waals surface area contributed by atoms with Crippen molar-refractivity contribution in [2.45, 2.75) is 13.3 Å². The highest BCUT2D eigenvalue weighted by atomic mass is 32.2. The highest BCUT2D eigenvalue weighted by Crippen LogP contribution is 2.33. The Labute approximate surface area is 179 Å². The first kappa shape index (κ1) is 21.4. The molecule has 30 heavy (non-hydrogen) atoms. The molecule has 1 aliphatic rings. The van der Waals surface area contributed by atoms with Crippen LogP contribution in [0.15, 0.2) is 47.4 Å². The quantitative estimate of drug-likeness (QED) is 0.675. The molecule has 1 aliphatic heterocycles. The minimum Gasteiger partial charge on any atom is -0.497 e. The van der Waals surface area contributed by atoms with E-state index in [1.165, 1.54) is 14.2 Å². The van der Waals surface area contributed by atoms with E-state index in [0.717, 1.165) is 28.6 Å². The summed E-state index contributed by atoms with van der Waals surface area (Å²) in [7, 11) is 3.06. The van der Waals surface area contributed by atoms with E-state index < -0.39 is 17.1 Å². The third kappa shape index (κ3) is 5.01. The van der Waals surface area contributed by atoms with E-state index in [4.69, 9.17) is 9.47 Å². The van der Waals surface area contributed by atoms with Crippen molar-refractivity contribution in [3.05, 3.63) is 58.5 Å². The number of methoxy groups -OCH3 is 2. The van der Waals surface area contributed by atoms with Crippen LogP contribution in [-0.4, -0.2) is 42.7 Å². The second-order valence-electron chi connectivity index (χ2n) is 6.51. The number of nitrogens with one attached hydrogen (secondary N) is 1. The van der Waals surface area contributed by atoms with Gasteiger partial charge in [0.2, 0.25) is 5.91 Å². The Morgan fingerprint density at radius 1 is 1.07 bits per heavy atom. The number of nitrogens with zero attached hydrogens (tertiary/aromatic N) is 1. The summed E-state index contributed by atoms with van der Waals surface area (Å²) in [6, 6.07) is 12.6. The van der Waals surface area contributed by atoms with Gasteiger partial charge in [-0.15, -0.1) is 0 Å². The Kier molecular flexibility index (Phi) is 6.79. The van der Waals surface area contributed by atoms with Crippen LogP contribution < -0.4 is 14.8 Å². The lowest BCUT2D eigenvalue weighted by atomic mass is 10.1. The molecule has 0 spiro atoms. The first-order chi connectivity index (χ1) is 14.4. The van der Waals surface area contributed by atoms with Crippen molar-refractivity contribution in [2.24, 2.45) is 0 Å². The number of hydrogen-bond donors (Lipinski definition) is 1. The standard InChI is InChI=1S/C22H22N2O5S/c1-4-14-5-7-16(8-6-14)23-20(25)13-24-21(26)19(30-22(24)27)11-15-9-17(28-2)12-18(10-15)29-3/h5-12H,4,13H2,1-3H3,(H,23,25)/b19-11+. The third-order valence-electron chi connectivity index (χ3n) is 4.49. The van der Waals surface area contributed by atoms with Gasteiger partial charge in [-0.05, 0) is 59.7 Å². The Balaban J connectivity index is 1.71. The fraction of sp³-hybridized carbons (Fsp3) is 0.227. The van der Waals surface area contributed by atoms with Crippen molar-refractivity contribution in [3.8, 4) is 11.5 Å². The third-order valence-corrected chi connectivity index (χ3v) is 5.40. The van der Waals surface area contributed by atoms with Crippen molar-refractivity contribution in [1.29, 1.82) is 0 Å². The van der Waals surface area contributed by atoms with Gasteiger partial charge in [-0.1, -0.05) is 19.1 Å². The zero-order chi connectivity index (χ0) is 21.7. The summed E-state index contributed by atoms with van der Waals surface area (Å²) in [5.41, 5.74) is 2.42. The number of hydrogen-bond acceptors (Lipinski definition) is 6. The molecule has 1 heterocycles. The molecule has 156 valence electrons. The number of rotatable bonds is 7. The molecule has 1 N–H and O–H groups in total. The molecular formula is C22H22N2O5S. The molecule has 0 unspecified atom stereocenters. The summed E-state index contributed by atoms with van der Waals surface area (Å²) >= 11 is 0.794. The number of anilines is 1. The summed E-state index contributed by atoms with van der Waals surface area (Å²) in [6.07, 6.45) is 2.48. The van der Waals surface area contributed by atoms with E-state index in [9.17, 15) is 14.4 Å². The monoisotopic (exact) mass is 426 g/mol. The lowest BCUT2D eigenvalue weighted by molar-refractivity contribution is -0.127. The maximum absolute atomic E-state index is 12.7. The van der Waals surface area contributed by atoms with Crippen LogP contribution in [0.4, 0.5) is 10.5 Å². The normalized spacial score (nSPS) is 14.9. The van der Waals surface area contributed by atoms with Gasteiger partial charge in [0.1, 0.15) is 18.0 Å². The zero-order valence-electron chi connectivity index (χ0n) is 16.9. The van der Waals surface area contributed by atoms with Crippen LogP contribution in [0.1, 0.15) is 18.1 Å². The van der Waals surface area contributed by atoms with Crippen LogP contribution in [0, 0.1) is 0 Å². The molecule has 2 aromatic carbocycles. The largest absolute Gasteiger partial charge is 0.497 e. The molecule has 0 bridgehead atoms. The van der Waals surface area contributed by atoms with Gasteiger partial charge in [-0.2, -0.15) is 0 Å². The molecule has 0 radical (unpaired) electrons. The van der Waals surface area contributed by atoms with Crippen molar-refractivity contribution in [3.63, 3.8) is 0 Å². The predicted molar refractivity (Wildman–Crippen MR) is 117 cm³/mol. The first-order valence-corrected chi connectivity index (χ1v) is 10.1. The Hall–Kier alpha value is -3.26. The summed E-state index contributed by atoms with van der Waals surface area (Å²) in [5, 5.41) is 2.22. The number of benzene rings is 2. The molecule has 8 heteroatoms. The number of carbonyl (C=O) groups is 3. The molecule has 3 rings (SSSR count). The Morgan fingerprint density at radius 3 is 2.27 bits per heavy atom. The average molecular weight is 426 g/mol. The van der Waals surface area contributed by atoms with E-state index >= 15 is 0 Å². The van der Waals surface area contributed by atoms with Crippen LogP contribution in [0.2, 0.25) is 0 Å². The molecule has 1 saturated heterocycles. The van der Waals surface area contributed by atoms with E-state index in [0.29, 0.717) is 22.7 Å². The fourth-order valence-electron chi connectivity index (χ4n) is 2.87. The van der Waals surface area contributed by atoms with Crippen LogP contribution in [0.25, 0.3) is 6.08 Å². The molecule has 1 fully saturated rings. The Bertz CT molecular complexity index is 979. The van der Waals surface area contributed by atoms with Crippen molar-refractivity contribution >= 4 is 40.6 Å². The number of carbonyl (C=O) groups excluding carboxylic acids is 3. The van der Waals surface area contributed by atoms with Gasteiger partial charge < -0.3 is 14.8 Å². The maximum atomic E-state index is 12.7. The van der Waals surface area contributed by atoms with Crippen molar-refractivity contribution in [1.82, 2.24) is 4.90 Å². The van der Waals surface area contributed by atoms with Crippen LogP contribution >= 0.6 is 11.8 Å². The highest BCUT2D eigenvalue weighted by Gasteiger charge is 2.36. The Morgan fingerprint density at radius 2 is 1.70 bits per heavy atom. The van der Waals surface area contributed by atoms with E-state index in [1.54, 1.807) is 36.4 Å². The highest BCUT2D eigenvalue weighted by molar-refractivity contribution is 8.18. The second-order valence-corrected chi connectivity index (χ2v) is 7.51. The van der Waals surface area contributed by atoms with Gasteiger partial charge in [-0.3, -0.25) is 19.3 Å². The minimum atomic E-state index is -0.511. The average Bonchev–Trinajstić information content (AvgIpc) is 3.01. The van der Waals surface area contributed by atoms with E-state index in [-0.39, 0.29) is 11.4 Å². The minimum absolute atomic E-state index is 0.232. The predicted octanol–water partition coefficient (Wildman–Crippen LogP) is 3.94. The number of amides is 3. The van der Waals surface area contributed by atoms with Crippen molar-refractivity contribution in [2.75, 3.05) is 26.1 Å². The van der Waals surface area contributed by atoms with Gasteiger partial charge in [-0.25, -0.2) is 0 Å². The SMILES string of the molecule is CCc1ccc(NC(=O)CN2C(=O)S/C(=C/c3cc(OC)cc(OC)c3)C2=O)cc1. The van der Waals surface area contributed by atoms with Crippen LogP contribution in [0.3, 0.4) is 0 Å². The van der Waals surface area contributed by atoms with Gasteiger partial charge >= 0.3 is 0 Å². The van der Waals surface area contributed by atoms with Crippen LogP contribution in [0.5, 0.6) is 11.5 Å². The second kappa shape index (κ2) is 9.49. The van der Waals surface area contributed by atoms with Gasteiger partial charge in [0, 0.05) is 11.8 Å². The molecule has 0 aliphatic carbocycles. The molecule has 7 nitrogen and oxygen atoms in total. The lowest BCUT2D eigenvalue weighted by Gasteiger charge is -2.12. The summed E-state index contributed by atoms with van der Waals surface area (Å²) in [5.74, 6) is 0.177. The zero-order valence-corrected chi connectivity index (χ0v) is 17.7. The summed E-state index contributed by atoms with van der Waals surface area (Å²) in [6.45, 7) is 1.70. The molecule has 2 aromatic rings. The molecule has 3 amide bonds. The van der Waals surface area contributed by atoms with Gasteiger partial charge in [0.25, 0.3) is 11.1 Å². The van der Waals surface area contributed by atoms with Crippen molar-refractivity contribution < 1.29 is 23.9 Å². The lowest BCUT2D eigenvalue weighted by Crippen LogP contribution is -2.36. The molecule has 0 aromatic heterocycles. The topological polar surface area (TPSA) is 84.9 Å². The number of thioether (sulfide) groups is 1. The van der Waals surface area contributed by atoms with Gasteiger partial charge in [0.05, 0.1) is 19.1 Å². The first-order valence-electron chi connectivity index (χ1n) is 9.30. The maximum Gasteiger partial charge on any atom is 0.294 e.